The van der Waals surface area contributed by atoms with Gasteiger partial charge in [0.15, 0.2) is 0 Å². The molecule has 9 heteroatoms. The van der Waals surface area contributed by atoms with Crippen molar-refractivity contribution in [3.8, 4) is 16.9 Å². The van der Waals surface area contributed by atoms with E-state index < -0.39 is 36.1 Å². The zero-order valence-corrected chi connectivity index (χ0v) is 18.6. The maximum Gasteiger partial charge on any atom is 0.417 e. The van der Waals surface area contributed by atoms with Crippen LogP contribution in [0.1, 0.15) is 23.1 Å². The van der Waals surface area contributed by atoms with Gasteiger partial charge in [-0.3, -0.25) is 9.59 Å². The van der Waals surface area contributed by atoms with E-state index in [0.29, 0.717) is 35.5 Å². The molecule has 1 unspecified atom stereocenters. The summed E-state index contributed by atoms with van der Waals surface area (Å²) >= 11 is 0. The third-order valence-corrected chi connectivity index (χ3v) is 5.80. The SMILES string of the molecule is NC(CC(=O)O)C(=O)N1CCc2cc(OCc3ccc(-c4ccccc4)c(C(F)(F)F)c3)ccc21. The van der Waals surface area contributed by atoms with E-state index in [1.54, 1.807) is 54.6 Å². The molecule has 0 fully saturated rings. The van der Waals surface area contributed by atoms with Gasteiger partial charge >= 0.3 is 12.1 Å². The first-order chi connectivity index (χ1) is 16.6. The standard InChI is InChI=1S/C26H23F3N2O4/c27-26(28,29)21-12-16(6-8-20(21)17-4-2-1-3-5-17)15-35-19-7-9-23-18(13-19)10-11-31(23)25(34)22(30)14-24(32)33/h1-9,12-13,22H,10-11,14-15,30H2,(H,32,33). The lowest BCUT2D eigenvalue weighted by Crippen LogP contribution is -2.44. The van der Waals surface area contributed by atoms with E-state index in [0.717, 1.165) is 11.6 Å². The van der Waals surface area contributed by atoms with Crippen LogP contribution in [0.15, 0.2) is 66.7 Å². The molecule has 1 amide bonds. The lowest BCUT2D eigenvalue weighted by molar-refractivity contribution is -0.139. The largest absolute Gasteiger partial charge is 0.489 e. The zero-order chi connectivity index (χ0) is 25.2. The van der Waals surface area contributed by atoms with Crippen molar-refractivity contribution in [1.82, 2.24) is 0 Å². The fourth-order valence-electron chi connectivity index (χ4n) is 4.12. The normalized spacial score (nSPS) is 13.9. The van der Waals surface area contributed by atoms with Crippen LogP contribution >= 0.6 is 0 Å². The molecule has 3 aromatic rings. The van der Waals surface area contributed by atoms with Gasteiger partial charge in [0.1, 0.15) is 12.4 Å². The number of hydrogen-bond donors (Lipinski definition) is 2. The number of carboxylic acid groups (broad SMARTS) is 1. The molecule has 0 bridgehead atoms. The van der Waals surface area contributed by atoms with Crippen LogP contribution in [0.25, 0.3) is 11.1 Å². The monoisotopic (exact) mass is 484 g/mol. The topological polar surface area (TPSA) is 92.9 Å². The van der Waals surface area contributed by atoms with Crippen LogP contribution in [0.3, 0.4) is 0 Å². The Hall–Kier alpha value is -3.85. The van der Waals surface area contributed by atoms with Crippen LogP contribution in [-0.2, 0) is 28.8 Å². The van der Waals surface area contributed by atoms with E-state index in [9.17, 15) is 22.8 Å². The number of carbonyl (C=O) groups excluding carboxylic acids is 1. The van der Waals surface area contributed by atoms with Crippen LogP contribution in [0.5, 0.6) is 5.75 Å². The Kier molecular flexibility index (Phi) is 6.79. The first-order valence-electron chi connectivity index (χ1n) is 10.9. The van der Waals surface area contributed by atoms with Crippen molar-refractivity contribution in [2.75, 3.05) is 11.4 Å². The Labute approximate surface area is 199 Å². The van der Waals surface area contributed by atoms with E-state index in [1.165, 1.54) is 11.0 Å². The molecule has 0 aliphatic carbocycles. The Balaban J connectivity index is 1.49. The minimum atomic E-state index is -4.52. The smallest absolute Gasteiger partial charge is 0.417 e. The average Bonchev–Trinajstić information content (AvgIpc) is 3.25. The second kappa shape index (κ2) is 9.79. The summed E-state index contributed by atoms with van der Waals surface area (Å²) in [5.74, 6) is -1.17. The van der Waals surface area contributed by atoms with Gasteiger partial charge in [0.05, 0.1) is 18.0 Å². The van der Waals surface area contributed by atoms with Gasteiger partial charge in [-0.2, -0.15) is 13.2 Å². The number of nitrogens with zero attached hydrogens (tertiary/aromatic N) is 1. The first kappa shape index (κ1) is 24.3. The molecule has 0 radical (unpaired) electrons. The molecule has 3 N–H and O–H groups in total. The van der Waals surface area contributed by atoms with Crippen molar-refractivity contribution in [2.24, 2.45) is 5.73 Å². The van der Waals surface area contributed by atoms with Gasteiger partial charge in [0.2, 0.25) is 5.91 Å². The van der Waals surface area contributed by atoms with Crippen LogP contribution in [0, 0.1) is 0 Å². The molecule has 0 aromatic heterocycles. The van der Waals surface area contributed by atoms with Gasteiger partial charge in [-0.15, -0.1) is 0 Å². The van der Waals surface area contributed by atoms with Gasteiger partial charge in [0, 0.05) is 12.2 Å². The van der Waals surface area contributed by atoms with E-state index in [-0.39, 0.29) is 12.2 Å². The van der Waals surface area contributed by atoms with Gasteiger partial charge in [-0.25, -0.2) is 0 Å². The molecular weight excluding hydrogens is 461 g/mol. The lowest BCUT2D eigenvalue weighted by atomic mass is 9.97. The van der Waals surface area contributed by atoms with Gasteiger partial charge < -0.3 is 20.5 Å². The molecule has 1 aliphatic rings. The molecule has 0 saturated carbocycles. The predicted octanol–water partition coefficient (Wildman–Crippen LogP) is 4.64. The highest BCUT2D eigenvalue weighted by Gasteiger charge is 2.34. The highest BCUT2D eigenvalue weighted by atomic mass is 19.4. The number of fused-ring (bicyclic) bond motifs is 1. The quantitative estimate of drug-likeness (QED) is 0.510. The minimum Gasteiger partial charge on any atom is -0.489 e. The Morgan fingerprint density at radius 2 is 1.80 bits per heavy atom. The van der Waals surface area contributed by atoms with Crippen LogP contribution in [-0.4, -0.2) is 29.6 Å². The van der Waals surface area contributed by atoms with E-state index >= 15 is 0 Å². The number of amides is 1. The van der Waals surface area contributed by atoms with Crippen LogP contribution < -0.4 is 15.4 Å². The third-order valence-electron chi connectivity index (χ3n) is 5.80. The summed E-state index contributed by atoms with van der Waals surface area (Å²) in [6.45, 7) is 0.296. The Morgan fingerprint density at radius 3 is 2.49 bits per heavy atom. The van der Waals surface area contributed by atoms with Gasteiger partial charge in [-0.05, 0) is 52.9 Å². The predicted molar refractivity (Wildman–Crippen MR) is 124 cm³/mol. The molecule has 4 rings (SSSR count). The highest BCUT2D eigenvalue weighted by Crippen LogP contribution is 2.38. The number of ether oxygens (including phenoxy) is 1. The van der Waals surface area contributed by atoms with E-state index in [2.05, 4.69) is 0 Å². The number of benzene rings is 3. The first-order valence-corrected chi connectivity index (χ1v) is 10.9. The maximum absolute atomic E-state index is 13.7. The summed E-state index contributed by atoms with van der Waals surface area (Å²) in [7, 11) is 0. The van der Waals surface area contributed by atoms with Crippen molar-refractivity contribution < 1.29 is 32.6 Å². The number of halogens is 3. The molecule has 1 heterocycles. The summed E-state index contributed by atoms with van der Waals surface area (Å²) in [5, 5.41) is 8.87. The second-order valence-corrected chi connectivity index (χ2v) is 8.27. The highest BCUT2D eigenvalue weighted by molar-refractivity contribution is 6.00. The molecule has 0 spiro atoms. The van der Waals surface area contributed by atoms with Crippen molar-refractivity contribution in [1.29, 1.82) is 0 Å². The fourth-order valence-corrected chi connectivity index (χ4v) is 4.12. The van der Waals surface area contributed by atoms with Gasteiger partial charge in [-0.1, -0.05) is 42.5 Å². The van der Waals surface area contributed by atoms with Crippen molar-refractivity contribution >= 4 is 17.6 Å². The maximum atomic E-state index is 13.7. The van der Waals surface area contributed by atoms with Crippen LogP contribution in [0.4, 0.5) is 18.9 Å². The molecule has 3 aromatic carbocycles. The summed E-state index contributed by atoms with van der Waals surface area (Å²) in [5.41, 5.74) is 7.36. The van der Waals surface area contributed by atoms with Crippen molar-refractivity contribution in [2.45, 2.75) is 31.7 Å². The average molecular weight is 484 g/mol. The molecule has 0 saturated heterocycles. The number of rotatable bonds is 7. The Morgan fingerprint density at radius 1 is 1.06 bits per heavy atom. The molecular formula is C26H23F3N2O4. The number of alkyl halides is 3. The number of nitrogens with two attached hydrogens (primary N) is 1. The van der Waals surface area contributed by atoms with Crippen LogP contribution in [0.2, 0.25) is 0 Å². The minimum absolute atomic E-state index is 0.0664. The second-order valence-electron chi connectivity index (χ2n) is 8.27. The van der Waals surface area contributed by atoms with Crippen molar-refractivity contribution in [3.05, 3.63) is 83.4 Å². The fraction of sp³-hybridized carbons (Fsp3) is 0.231. The molecule has 6 nitrogen and oxygen atoms in total. The lowest BCUT2D eigenvalue weighted by Gasteiger charge is -2.21. The third kappa shape index (κ3) is 5.46. The Bertz CT molecular complexity index is 1250. The van der Waals surface area contributed by atoms with Gasteiger partial charge in [0.25, 0.3) is 0 Å². The number of aliphatic carboxylic acids is 1. The molecule has 1 aliphatic heterocycles. The zero-order valence-electron chi connectivity index (χ0n) is 18.6. The molecule has 1 atom stereocenters. The molecule has 35 heavy (non-hydrogen) atoms. The number of carbonyl (C=O) groups is 2. The van der Waals surface area contributed by atoms with Crippen molar-refractivity contribution in [3.63, 3.8) is 0 Å². The number of carboxylic acids is 1. The van der Waals surface area contributed by atoms with E-state index in [4.69, 9.17) is 15.6 Å². The summed E-state index contributed by atoms with van der Waals surface area (Å²) in [4.78, 5) is 24.8. The summed E-state index contributed by atoms with van der Waals surface area (Å²) in [6.07, 6.45) is -4.46. The summed E-state index contributed by atoms with van der Waals surface area (Å²) < 4.78 is 47.0. The molecule has 182 valence electrons. The van der Waals surface area contributed by atoms with E-state index in [1.807, 2.05) is 0 Å². The number of anilines is 1. The summed E-state index contributed by atoms with van der Waals surface area (Å²) in [6, 6.07) is 16.4. The number of hydrogen-bond acceptors (Lipinski definition) is 4.